The van der Waals surface area contributed by atoms with E-state index in [4.69, 9.17) is 5.73 Å². The van der Waals surface area contributed by atoms with Crippen LogP contribution in [0, 0.1) is 0 Å². The number of hydrogen-bond acceptors (Lipinski definition) is 3. The Balaban J connectivity index is 4.60. The van der Waals surface area contributed by atoms with Crippen LogP contribution < -0.4 is 5.73 Å². The lowest BCUT2D eigenvalue weighted by atomic mass is 10.2. The molecule has 0 bridgehead atoms. The Hall–Kier alpha value is -0.820. The first kappa shape index (κ1) is 15.2. The highest BCUT2D eigenvalue weighted by molar-refractivity contribution is 5.82. The Bertz CT molecular complexity index is 231. The zero-order chi connectivity index (χ0) is 12.9. The number of amides is 1. The summed E-state index contributed by atoms with van der Waals surface area (Å²) in [6, 6.07) is -1.62. The fraction of sp³-hybridized carbons (Fsp3) is 0.889. The molecule has 0 radical (unpaired) electrons. The Morgan fingerprint density at radius 2 is 1.94 bits per heavy atom. The lowest BCUT2D eigenvalue weighted by Gasteiger charge is -2.29. The fourth-order valence-electron chi connectivity index (χ4n) is 1.17. The first-order valence-corrected chi connectivity index (χ1v) is 4.80. The summed E-state index contributed by atoms with van der Waals surface area (Å²) in [5.41, 5.74) is 5.40. The van der Waals surface area contributed by atoms with Crippen LogP contribution in [-0.2, 0) is 9.53 Å². The summed E-state index contributed by atoms with van der Waals surface area (Å²) in [5, 5.41) is 0. The van der Waals surface area contributed by atoms with Gasteiger partial charge in [-0.1, -0.05) is 0 Å². The van der Waals surface area contributed by atoms with Crippen LogP contribution in [0.5, 0.6) is 0 Å². The minimum atomic E-state index is -4.42. The summed E-state index contributed by atoms with van der Waals surface area (Å²) in [4.78, 5) is 12.3. The summed E-state index contributed by atoms with van der Waals surface area (Å²) in [6.07, 6.45) is -4.42. The minimum Gasteiger partial charge on any atom is -0.383 e. The maximum atomic E-state index is 12.2. The predicted molar refractivity (Wildman–Crippen MR) is 52.8 cm³/mol. The lowest BCUT2D eigenvalue weighted by molar-refractivity contribution is -0.166. The number of methoxy groups -OCH3 is 1. The molecule has 2 N–H and O–H groups in total. The third-order valence-corrected chi connectivity index (χ3v) is 1.92. The van der Waals surface area contributed by atoms with E-state index in [-0.39, 0.29) is 6.61 Å². The number of carbonyl (C=O) groups is 1. The molecule has 0 aliphatic heterocycles. The van der Waals surface area contributed by atoms with Gasteiger partial charge in [-0.2, -0.15) is 13.2 Å². The van der Waals surface area contributed by atoms with E-state index in [2.05, 4.69) is 4.74 Å². The van der Waals surface area contributed by atoms with Crippen molar-refractivity contribution in [3.8, 4) is 0 Å². The SMILES string of the molecule is COCC(N)C(=O)N(CC(F)(F)F)C(C)C. The number of hydrogen-bond donors (Lipinski definition) is 1. The van der Waals surface area contributed by atoms with Crippen LogP contribution in [0.4, 0.5) is 13.2 Å². The topological polar surface area (TPSA) is 55.6 Å². The van der Waals surface area contributed by atoms with Gasteiger partial charge in [0.15, 0.2) is 0 Å². The highest BCUT2D eigenvalue weighted by Crippen LogP contribution is 2.18. The molecular formula is C9H17F3N2O2. The van der Waals surface area contributed by atoms with Gasteiger partial charge in [-0.05, 0) is 13.8 Å². The van der Waals surface area contributed by atoms with Gasteiger partial charge in [0.2, 0.25) is 5.91 Å². The zero-order valence-corrected chi connectivity index (χ0v) is 9.54. The monoisotopic (exact) mass is 242 g/mol. The Kier molecular flexibility index (Phi) is 5.74. The normalized spacial score (nSPS) is 14.0. The Labute approximate surface area is 92.5 Å². The molecule has 0 saturated carbocycles. The molecule has 0 aromatic heterocycles. The first-order valence-electron chi connectivity index (χ1n) is 4.80. The van der Waals surface area contributed by atoms with Crippen molar-refractivity contribution in [1.82, 2.24) is 4.90 Å². The quantitative estimate of drug-likeness (QED) is 0.774. The molecule has 0 aromatic rings. The van der Waals surface area contributed by atoms with Crippen LogP contribution in [0.15, 0.2) is 0 Å². The molecule has 1 amide bonds. The van der Waals surface area contributed by atoms with E-state index in [1.807, 2.05) is 0 Å². The highest BCUT2D eigenvalue weighted by Gasteiger charge is 2.35. The van der Waals surface area contributed by atoms with E-state index in [1.165, 1.54) is 21.0 Å². The van der Waals surface area contributed by atoms with Crippen LogP contribution in [0.1, 0.15) is 13.8 Å². The molecule has 1 atom stereocenters. The van der Waals surface area contributed by atoms with Crippen molar-refractivity contribution in [2.45, 2.75) is 32.1 Å². The number of carbonyl (C=O) groups excluding carboxylic acids is 1. The van der Waals surface area contributed by atoms with E-state index < -0.39 is 30.7 Å². The van der Waals surface area contributed by atoms with E-state index in [1.54, 1.807) is 0 Å². The largest absolute Gasteiger partial charge is 0.406 e. The maximum Gasteiger partial charge on any atom is 0.406 e. The fourth-order valence-corrected chi connectivity index (χ4v) is 1.17. The highest BCUT2D eigenvalue weighted by atomic mass is 19.4. The number of nitrogens with zero attached hydrogens (tertiary/aromatic N) is 1. The van der Waals surface area contributed by atoms with E-state index in [0.29, 0.717) is 4.90 Å². The third-order valence-electron chi connectivity index (χ3n) is 1.92. The predicted octanol–water partition coefficient (Wildman–Crippen LogP) is 0.759. The maximum absolute atomic E-state index is 12.2. The molecule has 96 valence electrons. The second-order valence-corrected chi connectivity index (χ2v) is 3.74. The number of alkyl halides is 3. The summed E-state index contributed by atoms with van der Waals surface area (Å²) in [6.45, 7) is 1.62. The van der Waals surface area contributed by atoms with Gasteiger partial charge in [0.05, 0.1) is 6.61 Å². The van der Waals surface area contributed by atoms with Gasteiger partial charge >= 0.3 is 6.18 Å². The van der Waals surface area contributed by atoms with Gasteiger partial charge < -0.3 is 15.4 Å². The molecule has 0 aliphatic carbocycles. The van der Waals surface area contributed by atoms with Gasteiger partial charge in [-0.15, -0.1) is 0 Å². The molecular weight excluding hydrogens is 225 g/mol. The average Bonchev–Trinajstić information content (AvgIpc) is 2.11. The van der Waals surface area contributed by atoms with E-state index >= 15 is 0 Å². The molecule has 4 nitrogen and oxygen atoms in total. The van der Waals surface area contributed by atoms with Crippen molar-refractivity contribution in [3.63, 3.8) is 0 Å². The molecule has 0 aromatic carbocycles. The molecule has 0 heterocycles. The van der Waals surface area contributed by atoms with Crippen molar-refractivity contribution in [2.24, 2.45) is 5.73 Å². The first-order chi connectivity index (χ1) is 7.19. The number of nitrogens with two attached hydrogens (primary N) is 1. The summed E-state index contributed by atoms with van der Waals surface area (Å²) in [7, 11) is 1.33. The van der Waals surface area contributed by atoms with Gasteiger partial charge in [-0.3, -0.25) is 4.79 Å². The summed E-state index contributed by atoms with van der Waals surface area (Å²) in [5.74, 6) is -0.755. The number of ether oxygens (including phenoxy) is 1. The molecule has 0 saturated heterocycles. The number of rotatable bonds is 5. The summed E-state index contributed by atoms with van der Waals surface area (Å²) >= 11 is 0. The van der Waals surface area contributed by atoms with Crippen LogP contribution in [0.25, 0.3) is 0 Å². The Morgan fingerprint density at radius 3 is 2.25 bits per heavy atom. The smallest absolute Gasteiger partial charge is 0.383 e. The number of halogens is 3. The van der Waals surface area contributed by atoms with Crippen LogP contribution in [-0.4, -0.2) is 49.3 Å². The summed E-state index contributed by atoms with van der Waals surface area (Å²) < 4.78 is 41.3. The third kappa shape index (κ3) is 5.32. The van der Waals surface area contributed by atoms with E-state index in [0.717, 1.165) is 0 Å². The second kappa shape index (κ2) is 6.05. The van der Waals surface area contributed by atoms with Crippen LogP contribution in [0.3, 0.4) is 0 Å². The second-order valence-electron chi connectivity index (χ2n) is 3.74. The van der Waals surface area contributed by atoms with E-state index in [9.17, 15) is 18.0 Å². The van der Waals surface area contributed by atoms with Crippen molar-refractivity contribution < 1.29 is 22.7 Å². The van der Waals surface area contributed by atoms with Gasteiger partial charge in [0, 0.05) is 13.2 Å². The van der Waals surface area contributed by atoms with Gasteiger partial charge in [0.1, 0.15) is 12.6 Å². The minimum absolute atomic E-state index is 0.0973. The molecule has 1 unspecified atom stereocenters. The van der Waals surface area contributed by atoms with Crippen LogP contribution >= 0.6 is 0 Å². The molecule has 7 heteroatoms. The zero-order valence-electron chi connectivity index (χ0n) is 9.54. The van der Waals surface area contributed by atoms with Gasteiger partial charge in [0.25, 0.3) is 0 Å². The Morgan fingerprint density at radius 1 is 1.44 bits per heavy atom. The molecule has 16 heavy (non-hydrogen) atoms. The standard InChI is InChI=1S/C9H17F3N2O2/c1-6(2)14(5-9(10,11)12)8(15)7(13)4-16-3/h6-7H,4-5,13H2,1-3H3. The molecule has 0 rings (SSSR count). The van der Waals surface area contributed by atoms with Crippen molar-refractivity contribution in [2.75, 3.05) is 20.3 Å². The molecule has 0 aliphatic rings. The van der Waals surface area contributed by atoms with Crippen LogP contribution in [0.2, 0.25) is 0 Å². The average molecular weight is 242 g/mol. The van der Waals surface area contributed by atoms with Crippen molar-refractivity contribution in [3.05, 3.63) is 0 Å². The molecule has 0 fully saturated rings. The van der Waals surface area contributed by atoms with Crippen molar-refractivity contribution >= 4 is 5.91 Å². The molecule has 0 spiro atoms. The van der Waals surface area contributed by atoms with Gasteiger partial charge in [-0.25, -0.2) is 0 Å². The van der Waals surface area contributed by atoms with Crippen molar-refractivity contribution in [1.29, 1.82) is 0 Å². The lowest BCUT2D eigenvalue weighted by Crippen LogP contribution is -2.51.